The van der Waals surface area contributed by atoms with Crippen molar-refractivity contribution in [3.8, 4) is 0 Å². The summed E-state index contributed by atoms with van der Waals surface area (Å²) < 4.78 is 27.1. The highest BCUT2D eigenvalue weighted by Crippen LogP contribution is 2.22. The van der Waals surface area contributed by atoms with Gasteiger partial charge in [-0.3, -0.25) is 9.52 Å². The van der Waals surface area contributed by atoms with Crippen molar-refractivity contribution >= 4 is 60.8 Å². The van der Waals surface area contributed by atoms with Gasteiger partial charge >= 0.3 is 0 Å². The highest BCUT2D eigenvalue weighted by molar-refractivity contribution is 7.99. The van der Waals surface area contributed by atoms with Crippen LogP contribution in [0.25, 0.3) is 10.9 Å². The molecule has 0 radical (unpaired) electrons. The fraction of sp³-hybridized carbons (Fsp3) is 0.100. The molecule has 2 N–H and O–H groups in total. The molecule has 0 bridgehead atoms. The summed E-state index contributed by atoms with van der Waals surface area (Å²) in [5.41, 5.74) is 2.19. The molecule has 0 aliphatic carbocycles. The molecule has 31 heavy (non-hydrogen) atoms. The van der Waals surface area contributed by atoms with E-state index < -0.39 is 10.0 Å². The smallest absolute Gasteiger partial charge is 0.263 e. The van der Waals surface area contributed by atoms with Gasteiger partial charge in [0.1, 0.15) is 0 Å². The number of rotatable bonds is 7. The maximum atomic E-state index is 12.4. The van der Waals surface area contributed by atoms with Gasteiger partial charge in [-0.1, -0.05) is 30.0 Å². The molecule has 158 valence electrons. The fourth-order valence-corrected chi connectivity index (χ4v) is 5.25. The summed E-state index contributed by atoms with van der Waals surface area (Å²) in [4.78, 5) is 25.2. The third-order valence-electron chi connectivity index (χ3n) is 4.21. The fourth-order valence-electron chi connectivity index (χ4n) is 2.77. The molecule has 0 fully saturated rings. The standard InChI is InChI=1S/C20H17N5O3S3/c1-13-16-4-2-3-5-17(16)24-20(22-13)30-12-18(26)23-14-6-8-15(9-7-14)31(27,28)25-19-21-10-11-29-19/h2-11H,12H2,1H3,(H,21,25)(H,23,26). The maximum absolute atomic E-state index is 12.4. The average molecular weight is 472 g/mol. The van der Waals surface area contributed by atoms with Crippen molar-refractivity contribution in [2.75, 3.05) is 15.8 Å². The average Bonchev–Trinajstić information content (AvgIpc) is 3.25. The Morgan fingerprint density at radius 3 is 2.61 bits per heavy atom. The number of aryl methyl sites for hydroxylation is 1. The number of hydrogen-bond acceptors (Lipinski definition) is 8. The third kappa shape index (κ3) is 5.19. The van der Waals surface area contributed by atoms with Gasteiger partial charge in [0.25, 0.3) is 10.0 Å². The maximum Gasteiger partial charge on any atom is 0.263 e. The number of thioether (sulfide) groups is 1. The van der Waals surface area contributed by atoms with Gasteiger partial charge in [-0.2, -0.15) is 0 Å². The van der Waals surface area contributed by atoms with Gasteiger partial charge in [-0.25, -0.2) is 23.4 Å². The van der Waals surface area contributed by atoms with E-state index in [1.165, 1.54) is 53.6 Å². The van der Waals surface area contributed by atoms with E-state index in [9.17, 15) is 13.2 Å². The van der Waals surface area contributed by atoms with Crippen molar-refractivity contribution in [3.05, 3.63) is 65.8 Å². The molecule has 11 heteroatoms. The molecule has 2 aromatic heterocycles. The second kappa shape index (κ2) is 9.00. The van der Waals surface area contributed by atoms with Crippen molar-refractivity contribution in [3.63, 3.8) is 0 Å². The molecule has 0 saturated heterocycles. The van der Waals surface area contributed by atoms with Gasteiger partial charge in [-0.15, -0.1) is 11.3 Å². The molecule has 0 aliphatic rings. The van der Waals surface area contributed by atoms with Gasteiger partial charge < -0.3 is 5.32 Å². The predicted octanol–water partition coefficient (Wildman–Crippen LogP) is 3.93. The Kier molecular flexibility index (Phi) is 6.16. The molecule has 4 aromatic rings. The second-order valence-electron chi connectivity index (χ2n) is 6.41. The van der Waals surface area contributed by atoms with Crippen LogP contribution in [-0.4, -0.2) is 35.0 Å². The largest absolute Gasteiger partial charge is 0.325 e. The molecule has 8 nitrogen and oxygen atoms in total. The quantitative estimate of drug-likeness (QED) is 0.310. The van der Waals surface area contributed by atoms with Crippen molar-refractivity contribution < 1.29 is 13.2 Å². The van der Waals surface area contributed by atoms with Crippen LogP contribution in [0.3, 0.4) is 0 Å². The third-order valence-corrected chi connectivity index (χ3v) is 7.23. The minimum atomic E-state index is -3.73. The van der Waals surface area contributed by atoms with E-state index in [4.69, 9.17) is 0 Å². The van der Waals surface area contributed by atoms with E-state index in [-0.39, 0.29) is 16.6 Å². The first-order chi connectivity index (χ1) is 14.9. The summed E-state index contributed by atoms with van der Waals surface area (Å²) in [6.45, 7) is 1.91. The molecular weight excluding hydrogens is 454 g/mol. The van der Waals surface area contributed by atoms with Gasteiger partial charge in [0.2, 0.25) is 5.91 Å². The van der Waals surface area contributed by atoms with Crippen LogP contribution in [0.15, 0.2) is 70.2 Å². The van der Waals surface area contributed by atoms with Crippen molar-refractivity contribution in [2.45, 2.75) is 17.0 Å². The summed E-state index contributed by atoms with van der Waals surface area (Å²) in [6, 6.07) is 13.6. The van der Waals surface area contributed by atoms with Crippen LogP contribution in [-0.2, 0) is 14.8 Å². The van der Waals surface area contributed by atoms with Gasteiger partial charge in [0, 0.05) is 28.3 Å². The number of hydrogen-bond donors (Lipinski definition) is 2. The first-order valence-corrected chi connectivity index (χ1v) is 12.4. The zero-order valence-corrected chi connectivity index (χ0v) is 18.7. The first-order valence-electron chi connectivity index (χ1n) is 9.09. The van der Waals surface area contributed by atoms with Crippen molar-refractivity contribution in [1.29, 1.82) is 0 Å². The van der Waals surface area contributed by atoms with E-state index in [2.05, 4.69) is 25.0 Å². The Morgan fingerprint density at radius 2 is 1.87 bits per heavy atom. The lowest BCUT2D eigenvalue weighted by atomic mass is 10.2. The molecule has 1 amide bonds. The molecule has 0 saturated carbocycles. The SMILES string of the molecule is Cc1nc(SCC(=O)Nc2ccc(S(=O)(=O)Nc3nccs3)cc2)nc2ccccc12. The second-order valence-corrected chi connectivity index (χ2v) is 9.93. The van der Waals surface area contributed by atoms with E-state index in [1.54, 1.807) is 5.38 Å². The Bertz CT molecular complexity index is 1320. The number of fused-ring (bicyclic) bond motifs is 1. The monoisotopic (exact) mass is 471 g/mol. The van der Waals surface area contributed by atoms with Gasteiger partial charge in [0.05, 0.1) is 16.2 Å². The Hall–Kier alpha value is -3.02. The number of anilines is 2. The number of amides is 1. The number of carbonyl (C=O) groups is 1. The summed E-state index contributed by atoms with van der Waals surface area (Å²) in [5, 5.41) is 6.23. The zero-order chi connectivity index (χ0) is 21.8. The number of nitrogens with one attached hydrogen (secondary N) is 2. The number of para-hydroxylation sites is 1. The van der Waals surface area contributed by atoms with Crippen LogP contribution in [0.1, 0.15) is 5.69 Å². The normalized spacial score (nSPS) is 11.4. The van der Waals surface area contributed by atoms with Crippen molar-refractivity contribution in [1.82, 2.24) is 15.0 Å². The van der Waals surface area contributed by atoms with Crippen LogP contribution in [0.2, 0.25) is 0 Å². The number of nitrogens with zero attached hydrogens (tertiary/aromatic N) is 3. The summed E-state index contributed by atoms with van der Waals surface area (Å²) in [7, 11) is -3.73. The molecule has 0 unspecified atom stereocenters. The highest BCUT2D eigenvalue weighted by Gasteiger charge is 2.15. The Balaban J connectivity index is 1.37. The van der Waals surface area contributed by atoms with E-state index in [0.29, 0.717) is 16.0 Å². The lowest BCUT2D eigenvalue weighted by molar-refractivity contribution is -0.113. The predicted molar refractivity (Wildman–Crippen MR) is 123 cm³/mol. The molecule has 2 heterocycles. The van der Waals surface area contributed by atoms with Crippen LogP contribution >= 0.6 is 23.1 Å². The Labute approximate surface area is 187 Å². The first kappa shape index (κ1) is 21.2. The van der Waals surface area contributed by atoms with Crippen LogP contribution in [0.5, 0.6) is 0 Å². The van der Waals surface area contributed by atoms with Crippen LogP contribution in [0, 0.1) is 6.92 Å². The van der Waals surface area contributed by atoms with E-state index in [1.807, 2.05) is 31.2 Å². The number of thiazole rings is 1. The topological polar surface area (TPSA) is 114 Å². The number of carbonyl (C=O) groups excluding carboxylic acids is 1. The van der Waals surface area contributed by atoms with Gasteiger partial charge in [-0.05, 0) is 37.3 Å². The van der Waals surface area contributed by atoms with E-state index in [0.717, 1.165) is 16.6 Å². The number of sulfonamides is 1. The number of aromatic nitrogens is 3. The highest BCUT2D eigenvalue weighted by atomic mass is 32.2. The minimum absolute atomic E-state index is 0.0788. The van der Waals surface area contributed by atoms with Gasteiger partial charge in [0.15, 0.2) is 10.3 Å². The van der Waals surface area contributed by atoms with Crippen LogP contribution in [0.4, 0.5) is 10.8 Å². The van der Waals surface area contributed by atoms with Crippen molar-refractivity contribution in [2.24, 2.45) is 0 Å². The summed E-state index contributed by atoms with van der Waals surface area (Å²) >= 11 is 2.43. The minimum Gasteiger partial charge on any atom is -0.325 e. The summed E-state index contributed by atoms with van der Waals surface area (Å²) in [5.74, 6) is -0.111. The zero-order valence-electron chi connectivity index (χ0n) is 16.3. The molecule has 0 atom stereocenters. The Morgan fingerprint density at radius 1 is 1.10 bits per heavy atom. The summed E-state index contributed by atoms with van der Waals surface area (Å²) in [6.07, 6.45) is 1.52. The molecule has 0 aliphatic heterocycles. The molecule has 4 rings (SSSR count). The molecule has 2 aromatic carbocycles. The van der Waals surface area contributed by atoms with Crippen LogP contribution < -0.4 is 10.0 Å². The van der Waals surface area contributed by atoms with E-state index >= 15 is 0 Å². The molecular formula is C20H17N5O3S3. The lowest BCUT2D eigenvalue weighted by Gasteiger charge is -2.08. The number of benzene rings is 2. The molecule has 0 spiro atoms. The lowest BCUT2D eigenvalue weighted by Crippen LogP contribution is -2.15.